The van der Waals surface area contributed by atoms with Gasteiger partial charge >= 0.3 is 0 Å². The minimum absolute atomic E-state index is 0.0138. The van der Waals surface area contributed by atoms with Crippen LogP contribution in [0, 0.1) is 11.6 Å². The van der Waals surface area contributed by atoms with Crippen LogP contribution in [0.25, 0.3) is 10.8 Å². The smallest absolute Gasteiger partial charge is 0.275 e. The van der Waals surface area contributed by atoms with Crippen LogP contribution in [-0.4, -0.2) is 17.2 Å². The molecule has 24 heavy (non-hydrogen) atoms. The maximum absolute atomic E-state index is 13.5. The Balaban J connectivity index is 1.83. The van der Waals surface area contributed by atoms with Gasteiger partial charge in [0.25, 0.3) is 5.91 Å². The van der Waals surface area contributed by atoms with Crippen molar-refractivity contribution in [2.45, 2.75) is 0 Å². The summed E-state index contributed by atoms with van der Waals surface area (Å²) < 4.78 is 26.9. The van der Waals surface area contributed by atoms with Crippen molar-refractivity contribution in [1.29, 1.82) is 0 Å². The topological polar surface area (TPSA) is 61.7 Å². The van der Waals surface area contributed by atoms with Gasteiger partial charge in [0, 0.05) is 0 Å². The molecular formula is C18H12F2N2O2. The zero-order valence-corrected chi connectivity index (χ0v) is 12.3. The normalized spacial score (nSPS) is 11.1. The maximum Gasteiger partial charge on any atom is 0.275 e. The van der Waals surface area contributed by atoms with Crippen molar-refractivity contribution in [2.75, 3.05) is 0 Å². The van der Waals surface area contributed by atoms with Crippen molar-refractivity contribution < 1.29 is 18.7 Å². The second-order valence-corrected chi connectivity index (χ2v) is 5.05. The van der Waals surface area contributed by atoms with E-state index in [1.807, 2.05) is 6.07 Å². The number of phenolic OH excluding ortho intramolecular Hbond substituents is 1. The minimum atomic E-state index is -0.790. The number of hydrazone groups is 1. The van der Waals surface area contributed by atoms with Crippen molar-refractivity contribution in [2.24, 2.45) is 5.10 Å². The number of nitrogens with zero attached hydrogens (tertiary/aromatic N) is 1. The lowest BCUT2D eigenvalue weighted by molar-refractivity contribution is 0.0952. The monoisotopic (exact) mass is 326 g/mol. The van der Waals surface area contributed by atoms with Crippen LogP contribution in [0.5, 0.6) is 5.75 Å². The maximum atomic E-state index is 13.5. The molecule has 0 fully saturated rings. The van der Waals surface area contributed by atoms with E-state index in [9.17, 15) is 18.7 Å². The molecule has 0 aliphatic rings. The molecule has 0 atom stereocenters. The molecule has 3 aromatic rings. The van der Waals surface area contributed by atoms with Gasteiger partial charge in [-0.05, 0) is 35.0 Å². The molecule has 120 valence electrons. The molecule has 0 heterocycles. The summed E-state index contributed by atoms with van der Waals surface area (Å²) >= 11 is 0. The van der Waals surface area contributed by atoms with Crippen LogP contribution in [0.15, 0.2) is 59.7 Å². The molecule has 0 aliphatic heterocycles. The highest BCUT2D eigenvalue weighted by Gasteiger charge is 2.12. The average Bonchev–Trinajstić information content (AvgIpc) is 2.56. The van der Waals surface area contributed by atoms with Gasteiger partial charge in [-0.15, -0.1) is 0 Å². The number of hydrogen-bond acceptors (Lipinski definition) is 3. The summed E-state index contributed by atoms with van der Waals surface area (Å²) in [7, 11) is 0. The molecule has 0 radical (unpaired) electrons. The van der Waals surface area contributed by atoms with E-state index in [2.05, 4.69) is 10.5 Å². The first-order chi connectivity index (χ1) is 11.6. The molecule has 2 N–H and O–H groups in total. The predicted octanol–water partition coefficient (Wildman–Crippen LogP) is 3.59. The highest BCUT2D eigenvalue weighted by molar-refractivity contribution is 6.01. The number of rotatable bonds is 3. The number of benzene rings is 3. The minimum Gasteiger partial charge on any atom is -0.507 e. The Morgan fingerprint density at radius 1 is 1.00 bits per heavy atom. The molecule has 0 unspecified atom stereocenters. The van der Waals surface area contributed by atoms with Crippen molar-refractivity contribution in [3.63, 3.8) is 0 Å². The number of halogens is 2. The molecule has 0 aliphatic carbocycles. The Bertz CT molecular complexity index is 935. The Labute approximate surface area is 136 Å². The number of aromatic hydroxyl groups is 1. The lowest BCUT2D eigenvalue weighted by atomic mass is 10.1. The number of amides is 1. The summed E-state index contributed by atoms with van der Waals surface area (Å²) in [6, 6.07) is 13.6. The second-order valence-electron chi connectivity index (χ2n) is 5.05. The number of carbonyl (C=O) groups is 1. The highest BCUT2D eigenvalue weighted by Crippen LogP contribution is 2.24. The largest absolute Gasteiger partial charge is 0.507 e. The van der Waals surface area contributed by atoms with Crippen LogP contribution in [0.1, 0.15) is 15.9 Å². The molecule has 0 saturated carbocycles. The van der Waals surface area contributed by atoms with Gasteiger partial charge in [0.05, 0.1) is 17.3 Å². The Hall–Kier alpha value is -3.28. The lowest BCUT2D eigenvalue weighted by Crippen LogP contribution is -2.18. The third-order valence-electron chi connectivity index (χ3n) is 3.47. The van der Waals surface area contributed by atoms with E-state index in [0.717, 1.165) is 29.1 Å². The third-order valence-corrected chi connectivity index (χ3v) is 3.47. The number of hydrogen-bond donors (Lipinski definition) is 2. The average molecular weight is 326 g/mol. The van der Waals surface area contributed by atoms with Gasteiger partial charge in [-0.1, -0.05) is 30.3 Å². The fraction of sp³-hybridized carbons (Fsp3) is 0. The first-order valence-corrected chi connectivity index (χ1v) is 7.05. The number of phenols is 1. The van der Waals surface area contributed by atoms with Crippen molar-refractivity contribution in [1.82, 2.24) is 5.43 Å². The quantitative estimate of drug-likeness (QED) is 0.571. The Morgan fingerprint density at radius 3 is 2.29 bits per heavy atom. The Kier molecular flexibility index (Phi) is 4.20. The van der Waals surface area contributed by atoms with Crippen LogP contribution >= 0.6 is 0 Å². The molecule has 0 spiro atoms. The summed E-state index contributed by atoms with van der Waals surface area (Å²) in [4.78, 5) is 12.1. The van der Waals surface area contributed by atoms with Crippen molar-refractivity contribution in [3.8, 4) is 5.75 Å². The summed E-state index contributed by atoms with van der Waals surface area (Å²) in [6.07, 6.45) is 0.876. The van der Waals surface area contributed by atoms with Crippen LogP contribution < -0.4 is 5.43 Å². The van der Waals surface area contributed by atoms with E-state index >= 15 is 0 Å². The third kappa shape index (κ3) is 3.08. The molecule has 3 rings (SSSR count). The van der Waals surface area contributed by atoms with Gasteiger partial charge in [0.2, 0.25) is 0 Å². The van der Waals surface area contributed by atoms with E-state index in [-0.39, 0.29) is 16.9 Å². The van der Waals surface area contributed by atoms with Crippen LogP contribution in [-0.2, 0) is 0 Å². The summed E-state index contributed by atoms with van der Waals surface area (Å²) in [5, 5.41) is 15.0. The summed E-state index contributed by atoms with van der Waals surface area (Å²) in [5.74, 6) is -2.48. The number of carbonyl (C=O) groups excluding carboxylic acids is 1. The van der Waals surface area contributed by atoms with Crippen LogP contribution in [0.4, 0.5) is 8.78 Å². The molecule has 0 bridgehead atoms. The SMILES string of the molecule is O=C(N/N=C/c1c(F)cccc1F)c1cc2ccccc2cc1O. The predicted molar refractivity (Wildman–Crippen MR) is 87.0 cm³/mol. The van der Waals surface area contributed by atoms with E-state index in [4.69, 9.17) is 0 Å². The van der Waals surface area contributed by atoms with Gasteiger partial charge in [-0.3, -0.25) is 4.79 Å². The van der Waals surface area contributed by atoms with Crippen molar-refractivity contribution >= 4 is 22.9 Å². The lowest BCUT2D eigenvalue weighted by Gasteiger charge is -2.06. The first-order valence-electron chi connectivity index (χ1n) is 7.05. The van der Waals surface area contributed by atoms with Gasteiger partial charge in [-0.25, -0.2) is 14.2 Å². The fourth-order valence-corrected chi connectivity index (χ4v) is 2.26. The first kappa shape index (κ1) is 15.6. The van der Waals surface area contributed by atoms with E-state index in [0.29, 0.717) is 0 Å². The van der Waals surface area contributed by atoms with Gasteiger partial charge < -0.3 is 5.11 Å². The molecule has 4 nitrogen and oxygen atoms in total. The van der Waals surface area contributed by atoms with Crippen LogP contribution in [0.3, 0.4) is 0 Å². The van der Waals surface area contributed by atoms with Crippen LogP contribution in [0.2, 0.25) is 0 Å². The standard InChI is InChI=1S/C18H12F2N2O2/c19-15-6-3-7-16(20)14(15)10-21-22-18(24)13-8-11-4-1-2-5-12(11)9-17(13)23/h1-10,23H,(H,22,24)/b21-10+. The molecule has 6 heteroatoms. The van der Waals surface area contributed by atoms with E-state index < -0.39 is 17.5 Å². The zero-order chi connectivity index (χ0) is 17.1. The molecule has 0 saturated heterocycles. The zero-order valence-electron chi connectivity index (χ0n) is 12.3. The van der Waals surface area contributed by atoms with Gasteiger partial charge in [0.1, 0.15) is 17.4 Å². The summed E-state index contributed by atoms with van der Waals surface area (Å²) in [5.41, 5.74) is 1.80. The molecule has 0 aromatic heterocycles. The second kappa shape index (κ2) is 6.45. The Morgan fingerprint density at radius 2 is 1.62 bits per heavy atom. The fourth-order valence-electron chi connectivity index (χ4n) is 2.26. The van der Waals surface area contributed by atoms with Crippen molar-refractivity contribution in [3.05, 3.63) is 77.4 Å². The number of nitrogens with one attached hydrogen (secondary N) is 1. The van der Waals surface area contributed by atoms with Gasteiger partial charge in [-0.2, -0.15) is 5.10 Å². The van der Waals surface area contributed by atoms with Gasteiger partial charge in [0.15, 0.2) is 0 Å². The number of fused-ring (bicyclic) bond motifs is 1. The molecular weight excluding hydrogens is 314 g/mol. The van der Waals surface area contributed by atoms with E-state index in [1.165, 1.54) is 18.2 Å². The van der Waals surface area contributed by atoms with E-state index in [1.54, 1.807) is 18.2 Å². The summed E-state index contributed by atoms with van der Waals surface area (Å²) in [6.45, 7) is 0. The molecule has 1 amide bonds. The highest BCUT2D eigenvalue weighted by atomic mass is 19.1. The molecule has 3 aromatic carbocycles.